The number of pyridine rings is 1. The largest absolute Gasteiger partial charge is 0.308 e. The molecule has 1 N–H and O–H groups in total. The molecule has 0 bridgehead atoms. The van der Waals surface area contributed by atoms with Crippen molar-refractivity contribution in [1.82, 2.24) is 20.1 Å². The van der Waals surface area contributed by atoms with Gasteiger partial charge in [-0.15, -0.1) is 0 Å². The lowest BCUT2D eigenvalue weighted by Crippen LogP contribution is -2.35. The second kappa shape index (κ2) is 5.36. The highest BCUT2D eigenvalue weighted by molar-refractivity contribution is 14.1. The predicted octanol–water partition coefficient (Wildman–Crippen LogP) is 2.76. The van der Waals surface area contributed by atoms with Gasteiger partial charge in [0.15, 0.2) is 0 Å². The molecule has 0 amide bonds. The molecule has 18 heavy (non-hydrogen) atoms. The van der Waals surface area contributed by atoms with Crippen molar-refractivity contribution in [3.05, 3.63) is 40.0 Å². The molecule has 0 fully saturated rings. The van der Waals surface area contributed by atoms with Crippen LogP contribution >= 0.6 is 22.6 Å². The summed E-state index contributed by atoms with van der Waals surface area (Å²) in [5.74, 6) is 0. The zero-order valence-corrected chi connectivity index (χ0v) is 13.0. The number of nitrogens with zero attached hydrogens (tertiary/aromatic N) is 3. The Morgan fingerprint density at radius 1 is 1.33 bits per heavy atom. The van der Waals surface area contributed by atoms with Crippen LogP contribution in [-0.4, -0.2) is 20.3 Å². The van der Waals surface area contributed by atoms with Gasteiger partial charge in [-0.05, 0) is 49.4 Å². The average molecular weight is 356 g/mol. The Hall–Kier alpha value is -0.950. The Bertz CT molecular complexity index is 528. The number of halogens is 1. The van der Waals surface area contributed by atoms with Crippen molar-refractivity contribution < 1.29 is 0 Å². The van der Waals surface area contributed by atoms with Gasteiger partial charge in [0.05, 0.1) is 15.5 Å². The third kappa shape index (κ3) is 3.52. The van der Waals surface area contributed by atoms with Crippen molar-refractivity contribution >= 4 is 22.6 Å². The highest BCUT2D eigenvalue weighted by Gasteiger charge is 2.11. The van der Waals surface area contributed by atoms with E-state index in [1.54, 1.807) is 6.20 Å². The van der Waals surface area contributed by atoms with E-state index >= 15 is 0 Å². The third-order valence-electron chi connectivity index (χ3n) is 2.48. The van der Waals surface area contributed by atoms with Crippen LogP contribution in [0.15, 0.2) is 30.9 Å². The van der Waals surface area contributed by atoms with Crippen LogP contribution in [0.5, 0.6) is 0 Å². The number of rotatable bonds is 3. The van der Waals surface area contributed by atoms with Gasteiger partial charge in [0.25, 0.3) is 0 Å². The first kappa shape index (κ1) is 13.5. The summed E-state index contributed by atoms with van der Waals surface area (Å²) in [7, 11) is 0. The number of hydrogen-bond donors (Lipinski definition) is 1. The summed E-state index contributed by atoms with van der Waals surface area (Å²) in [4.78, 5) is 4.20. The van der Waals surface area contributed by atoms with Crippen molar-refractivity contribution in [2.24, 2.45) is 0 Å². The number of aromatic nitrogens is 3. The van der Waals surface area contributed by atoms with Crippen molar-refractivity contribution in [1.29, 1.82) is 0 Å². The van der Waals surface area contributed by atoms with Crippen LogP contribution < -0.4 is 5.32 Å². The molecular weight excluding hydrogens is 339 g/mol. The minimum absolute atomic E-state index is 0.0889. The van der Waals surface area contributed by atoms with Gasteiger partial charge in [-0.3, -0.25) is 4.98 Å². The molecule has 0 spiro atoms. The molecule has 2 aromatic rings. The van der Waals surface area contributed by atoms with E-state index in [1.807, 2.05) is 29.3 Å². The second-order valence-corrected chi connectivity index (χ2v) is 6.46. The van der Waals surface area contributed by atoms with E-state index in [1.165, 1.54) is 0 Å². The minimum atomic E-state index is 0.0889. The highest BCUT2D eigenvalue weighted by Crippen LogP contribution is 2.15. The van der Waals surface area contributed by atoms with E-state index in [0.717, 1.165) is 21.4 Å². The molecule has 0 radical (unpaired) electrons. The molecule has 96 valence electrons. The fourth-order valence-electron chi connectivity index (χ4n) is 1.57. The molecule has 2 heterocycles. The summed E-state index contributed by atoms with van der Waals surface area (Å²) < 4.78 is 3.02. The zero-order chi connectivity index (χ0) is 13.2. The monoisotopic (exact) mass is 356 g/mol. The van der Waals surface area contributed by atoms with E-state index < -0.39 is 0 Å². The number of nitrogens with one attached hydrogen (secondary N) is 1. The maximum atomic E-state index is 4.34. The molecule has 4 nitrogen and oxygen atoms in total. The van der Waals surface area contributed by atoms with Gasteiger partial charge in [0, 0.05) is 36.2 Å². The van der Waals surface area contributed by atoms with Crippen LogP contribution in [0.4, 0.5) is 0 Å². The fourth-order valence-corrected chi connectivity index (χ4v) is 1.96. The molecule has 0 unspecified atom stereocenters. The van der Waals surface area contributed by atoms with E-state index in [0.29, 0.717) is 0 Å². The summed E-state index contributed by atoms with van der Waals surface area (Å²) in [5, 5.41) is 7.82. The molecule has 0 aliphatic heterocycles. The van der Waals surface area contributed by atoms with Crippen molar-refractivity contribution in [3.8, 4) is 5.69 Å². The average Bonchev–Trinajstić information content (AvgIpc) is 2.72. The predicted molar refractivity (Wildman–Crippen MR) is 80.7 cm³/mol. The zero-order valence-electron chi connectivity index (χ0n) is 10.8. The Morgan fingerprint density at radius 3 is 2.72 bits per heavy atom. The van der Waals surface area contributed by atoms with Crippen LogP contribution in [-0.2, 0) is 6.54 Å². The standard InChI is InChI=1S/C13H17IN4/c1-13(2,3)16-7-10-6-15-5-4-12(10)18-9-11(14)8-17-18/h4-6,8-9,16H,7H2,1-3H3. The van der Waals surface area contributed by atoms with Crippen LogP contribution in [0, 0.1) is 3.57 Å². The summed E-state index contributed by atoms with van der Waals surface area (Å²) >= 11 is 2.26. The van der Waals surface area contributed by atoms with Gasteiger partial charge < -0.3 is 5.32 Å². The van der Waals surface area contributed by atoms with Crippen LogP contribution in [0.2, 0.25) is 0 Å². The van der Waals surface area contributed by atoms with Gasteiger partial charge in [-0.2, -0.15) is 5.10 Å². The lowest BCUT2D eigenvalue weighted by Gasteiger charge is -2.21. The SMILES string of the molecule is CC(C)(C)NCc1cnccc1-n1cc(I)cn1. The van der Waals surface area contributed by atoms with E-state index in [2.05, 4.69) is 58.8 Å². The Morgan fingerprint density at radius 2 is 2.11 bits per heavy atom. The smallest absolute Gasteiger partial charge is 0.0721 e. The Labute approximate surface area is 121 Å². The minimum Gasteiger partial charge on any atom is -0.308 e. The molecule has 0 aromatic carbocycles. The van der Waals surface area contributed by atoms with Gasteiger partial charge >= 0.3 is 0 Å². The van der Waals surface area contributed by atoms with Crippen molar-refractivity contribution in [3.63, 3.8) is 0 Å². The summed E-state index contributed by atoms with van der Waals surface area (Å²) in [6, 6.07) is 1.99. The van der Waals surface area contributed by atoms with Crippen molar-refractivity contribution in [2.75, 3.05) is 0 Å². The number of hydrogen-bond acceptors (Lipinski definition) is 3. The van der Waals surface area contributed by atoms with Crippen LogP contribution in [0.1, 0.15) is 26.3 Å². The van der Waals surface area contributed by atoms with Gasteiger partial charge in [-0.25, -0.2) is 4.68 Å². The maximum absolute atomic E-state index is 4.34. The van der Waals surface area contributed by atoms with Crippen LogP contribution in [0.3, 0.4) is 0 Å². The van der Waals surface area contributed by atoms with Crippen LogP contribution in [0.25, 0.3) is 5.69 Å². The summed E-state index contributed by atoms with van der Waals surface area (Å²) in [6.45, 7) is 7.24. The Balaban J connectivity index is 2.26. The summed E-state index contributed by atoms with van der Waals surface area (Å²) in [6.07, 6.45) is 7.55. The topological polar surface area (TPSA) is 42.7 Å². The molecule has 0 atom stereocenters. The fraction of sp³-hybridized carbons (Fsp3) is 0.385. The third-order valence-corrected chi connectivity index (χ3v) is 3.04. The maximum Gasteiger partial charge on any atom is 0.0721 e. The van der Waals surface area contributed by atoms with E-state index in [4.69, 9.17) is 0 Å². The lowest BCUT2D eigenvalue weighted by atomic mass is 10.1. The molecule has 2 rings (SSSR count). The van der Waals surface area contributed by atoms with E-state index in [9.17, 15) is 0 Å². The molecule has 0 saturated carbocycles. The van der Waals surface area contributed by atoms with Gasteiger partial charge in [0.1, 0.15) is 0 Å². The quantitative estimate of drug-likeness (QED) is 0.860. The Kier molecular flexibility index (Phi) is 4.01. The first-order chi connectivity index (χ1) is 8.46. The van der Waals surface area contributed by atoms with Gasteiger partial charge in [0.2, 0.25) is 0 Å². The molecule has 2 aromatic heterocycles. The first-order valence-corrected chi connectivity index (χ1v) is 6.92. The second-order valence-electron chi connectivity index (χ2n) is 5.21. The molecule has 0 saturated heterocycles. The lowest BCUT2D eigenvalue weighted by molar-refractivity contribution is 0.423. The van der Waals surface area contributed by atoms with Gasteiger partial charge in [-0.1, -0.05) is 0 Å². The van der Waals surface area contributed by atoms with E-state index in [-0.39, 0.29) is 5.54 Å². The summed E-state index contributed by atoms with van der Waals surface area (Å²) in [5.41, 5.74) is 2.31. The highest BCUT2D eigenvalue weighted by atomic mass is 127. The first-order valence-electron chi connectivity index (χ1n) is 5.84. The molecule has 5 heteroatoms. The normalized spacial score (nSPS) is 11.8. The molecular formula is C13H17IN4. The molecule has 0 aliphatic carbocycles. The molecule has 0 aliphatic rings. The van der Waals surface area contributed by atoms with Crippen molar-refractivity contribution in [2.45, 2.75) is 32.9 Å².